The Labute approximate surface area is 671 Å². The van der Waals surface area contributed by atoms with Crippen molar-refractivity contribution >= 4 is 99.1 Å². The van der Waals surface area contributed by atoms with Gasteiger partial charge < -0.3 is 17.7 Å². The molecule has 0 amide bonds. The second kappa shape index (κ2) is 30.9. The highest BCUT2D eigenvalue weighted by atomic mass is 16.3. The van der Waals surface area contributed by atoms with E-state index in [0.717, 1.165) is 194 Å². The molecule has 12 aromatic carbocycles. The van der Waals surface area contributed by atoms with Crippen molar-refractivity contribution in [3.63, 3.8) is 0 Å². The van der Waals surface area contributed by atoms with Crippen LogP contribution in [0.2, 0.25) is 0 Å². The molecule has 0 bridgehead atoms. The first-order valence-electron chi connectivity index (χ1n) is 38.3. The molecule has 0 aliphatic carbocycles. The highest BCUT2D eigenvalue weighted by Crippen LogP contribution is 2.48. The Balaban J connectivity index is 0.000000111. The number of furan rings is 4. The number of pyridine rings is 4. The van der Waals surface area contributed by atoms with Gasteiger partial charge >= 0.3 is 0 Å². The van der Waals surface area contributed by atoms with Gasteiger partial charge in [-0.2, -0.15) is 10.5 Å². The van der Waals surface area contributed by atoms with Crippen LogP contribution in [0.5, 0.6) is 0 Å². The molecule has 12 heteroatoms. The monoisotopic (exact) mass is 1500 g/mol. The number of nitriles is 2. The van der Waals surface area contributed by atoms with Gasteiger partial charge in [0.15, 0.2) is 36.1 Å². The maximum Gasteiger partial charge on any atom is 0.229 e. The highest BCUT2D eigenvalue weighted by Gasteiger charge is 2.28. The van der Waals surface area contributed by atoms with Gasteiger partial charge in [-0.1, -0.05) is 182 Å². The molecule has 0 radical (unpaired) electrons. The van der Waals surface area contributed by atoms with Crippen LogP contribution in [0.1, 0.15) is 33.4 Å². The number of benzene rings is 12. The van der Waals surface area contributed by atoms with Gasteiger partial charge in [-0.25, -0.2) is 28.0 Å². The standard InChI is InChI=1S/4C26H19N2O/c1-17-12-13-20-24-19(18-9-5-4-6-10-18)14-15-21(27-2)26(24)29-25(20)23(17)22-11-7-8-16-28(22)3;1-17-12-13-19-21-15-20(18-9-5-4-6-10-18)22(27-2)16-24(21)29-26(19)25(17)23-11-7-8-14-28(23)3;1-17-11-12-20-25-21(16-27)19(18-8-4-3-5-9-18)13-14-23(25)29-26(20)24(17)22-10-6-7-15-28(22)2;1-17-14-20(16-27)25-21-15-19(18-8-4-3-5-9-18)11-12-23(21)29-26(25)24(17)22-10-6-7-13-28(22)2/h2*4-16H,1,3H3;2*3-15H,1-2H3/q4*+1. The Morgan fingerprint density at radius 1 is 0.284 bits per heavy atom. The highest BCUT2D eigenvalue weighted by molar-refractivity contribution is 6.19. The van der Waals surface area contributed by atoms with Crippen molar-refractivity contribution in [2.45, 2.75) is 27.7 Å². The minimum absolute atomic E-state index is 0.539. The predicted molar refractivity (Wildman–Crippen MR) is 464 cm³/mol. The Kier molecular flexibility index (Phi) is 19.5. The number of aromatic nitrogens is 4. The minimum Gasteiger partial charge on any atom is -0.466 e. The number of rotatable bonds is 8. The average Bonchev–Trinajstić information content (AvgIpc) is 1.60. The molecule has 0 saturated carbocycles. The number of fused-ring (bicyclic) bond motifs is 12. The van der Waals surface area contributed by atoms with E-state index < -0.39 is 0 Å². The lowest BCUT2D eigenvalue weighted by Gasteiger charge is -2.06. The van der Waals surface area contributed by atoms with Crippen molar-refractivity contribution in [3.8, 4) is 102 Å². The molecule has 0 saturated heterocycles. The quantitative estimate of drug-likeness (QED) is 0.110. The second-order valence-corrected chi connectivity index (χ2v) is 29.1. The van der Waals surface area contributed by atoms with Crippen molar-refractivity contribution in [1.82, 2.24) is 0 Å². The first-order chi connectivity index (χ1) is 56.7. The fourth-order valence-corrected chi connectivity index (χ4v) is 16.3. The Morgan fingerprint density at radius 2 is 0.707 bits per heavy atom. The maximum absolute atomic E-state index is 10.0. The van der Waals surface area contributed by atoms with Crippen molar-refractivity contribution in [2.24, 2.45) is 28.2 Å². The molecule has 0 aliphatic heterocycles. The van der Waals surface area contributed by atoms with Crippen LogP contribution in [0.4, 0.5) is 11.4 Å². The van der Waals surface area contributed by atoms with Crippen LogP contribution in [-0.2, 0) is 28.2 Å². The zero-order valence-corrected chi connectivity index (χ0v) is 65.2. The third-order valence-electron chi connectivity index (χ3n) is 22.0. The van der Waals surface area contributed by atoms with Gasteiger partial charge in [-0.3, -0.25) is 0 Å². The van der Waals surface area contributed by atoms with Gasteiger partial charge in [0.25, 0.3) is 0 Å². The van der Waals surface area contributed by atoms with Crippen molar-refractivity contribution in [1.29, 1.82) is 10.5 Å². The number of hydrogen-bond acceptors (Lipinski definition) is 6. The average molecular weight is 1500 g/mol. The molecule has 8 aromatic heterocycles. The molecular weight excluding hydrogens is 1430 g/mol. The fourth-order valence-electron chi connectivity index (χ4n) is 16.3. The Hall–Kier alpha value is -15.6. The molecule has 20 rings (SSSR count). The summed E-state index contributed by atoms with van der Waals surface area (Å²) in [5.41, 5.74) is 30.1. The lowest BCUT2D eigenvalue weighted by atomic mass is 9.94. The molecular formula is C104H76N8O4+4. The summed E-state index contributed by atoms with van der Waals surface area (Å²) in [4.78, 5) is 7.49. The third kappa shape index (κ3) is 13.2. The van der Waals surface area contributed by atoms with E-state index >= 15 is 0 Å². The van der Waals surface area contributed by atoms with E-state index in [9.17, 15) is 10.5 Å². The number of hydrogen-bond donors (Lipinski definition) is 0. The van der Waals surface area contributed by atoms with Gasteiger partial charge in [0.2, 0.25) is 28.5 Å². The van der Waals surface area contributed by atoms with E-state index in [1.165, 1.54) is 0 Å². The molecule has 8 heterocycles. The summed E-state index contributed by atoms with van der Waals surface area (Å²) < 4.78 is 33.8. The summed E-state index contributed by atoms with van der Waals surface area (Å²) >= 11 is 0. The molecule has 0 aliphatic rings. The van der Waals surface area contributed by atoms with Crippen LogP contribution in [0.25, 0.3) is 187 Å². The fraction of sp³-hybridized carbons (Fsp3) is 0.0769. The molecule has 12 nitrogen and oxygen atoms in total. The minimum atomic E-state index is 0.539. The van der Waals surface area contributed by atoms with Crippen LogP contribution in [0, 0.1) is 63.5 Å². The summed E-state index contributed by atoms with van der Waals surface area (Å²) in [6.45, 7) is 23.6. The summed E-state index contributed by atoms with van der Waals surface area (Å²) in [6.07, 6.45) is 8.14. The van der Waals surface area contributed by atoms with E-state index in [4.69, 9.17) is 30.8 Å². The SMILES string of the molecule is Cc1cc(C#N)c2c(oc3ccc(-c4ccccc4)cc32)c1-c1cccc[n+]1C.Cc1ccc2c(oc3ccc(-c4ccccc4)c(C#N)c32)c1-c1cccc[n+]1C.[C-]#[N+]c1cc2oc3c(-c4cccc[n+]4C)c(C)ccc3c2cc1-c1ccccc1.[C-]#[N+]c1ccc(-c2ccccc2)c2c1oc1c(-c3cccc[n+]3C)c(C)ccc12. The summed E-state index contributed by atoms with van der Waals surface area (Å²) in [5.74, 6) is 0. The molecule has 0 spiro atoms. The van der Waals surface area contributed by atoms with Gasteiger partial charge in [0.05, 0.1) is 52.6 Å². The van der Waals surface area contributed by atoms with Crippen LogP contribution in [0.15, 0.2) is 334 Å². The van der Waals surface area contributed by atoms with E-state index in [0.29, 0.717) is 28.1 Å². The molecule has 0 atom stereocenters. The van der Waals surface area contributed by atoms with Crippen molar-refractivity contribution < 1.29 is 35.9 Å². The summed E-state index contributed by atoms with van der Waals surface area (Å²) in [5, 5.41) is 27.7. The molecule has 0 fully saturated rings. The Bertz CT molecular complexity index is 7430. The zero-order chi connectivity index (χ0) is 79.8. The lowest BCUT2D eigenvalue weighted by molar-refractivity contribution is -0.660. The second-order valence-electron chi connectivity index (χ2n) is 29.1. The molecule has 0 N–H and O–H groups in total. The maximum atomic E-state index is 10.0. The van der Waals surface area contributed by atoms with Gasteiger partial charge in [0.1, 0.15) is 73.3 Å². The van der Waals surface area contributed by atoms with Crippen LogP contribution in [0.3, 0.4) is 0 Å². The third-order valence-corrected chi connectivity index (χ3v) is 22.0. The van der Waals surface area contributed by atoms with Crippen LogP contribution < -0.4 is 18.3 Å². The first kappa shape index (κ1) is 73.2. The van der Waals surface area contributed by atoms with Crippen LogP contribution >= 0.6 is 0 Å². The largest absolute Gasteiger partial charge is 0.466 e. The molecule has 116 heavy (non-hydrogen) atoms. The Morgan fingerprint density at radius 3 is 1.21 bits per heavy atom. The zero-order valence-electron chi connectivity index (χ0n) is 65.2. The predicted octanol–water partition coefficient (Wildman–Crippen LogP) is 25.1. The lowest BCUT2D eigenvalue weighted by Crippen LogP contribution is -2.30. The first-order valence-corrected chi connectivity index (χ1v) is 38.3. The van der Waals surface area contributed by atoms with Crippen molar-refractivity contribution in [3.05, 3.63) is 372 Å². The molecule has 552 valence electrons. The summed E-state index contributed by atoms with van der Waals surface area (Å²) in [6, 6.07) is 103. The van der Waals surface area contributed by atoms with E-state index in [-0.39, 0.29) is 0 Å². The van der Waals surface area contributed by atoms with Crippen molar-refractivity contribution in [2.75, 3.05) is 0 Å². The normalized spacial score (nSPS) is 11.1. The summed E-state index contributed by atoms with van der Waals surface area (Å²) in [7, 11) is 8.14. The van der Waals surface area contributed by atoms with Crippen LogP contribution in [-0.4, -0.2) is 0 Å². The van der Waals surface area contributed by atoms with Gasteiger partial charge in [-0.05, 0) is 150 Å². The molecule has 20 aromatic rings. The smallest absolute Gasteiger partial charge is 0.229 e. The van der Waals surface area contributed by atoms with E-state index in [1.807, 2.05) is 248 Å². The number of aryl methyl sites for hydroxylation is 8. The van der Waals surface area contributed by atoms with E-state index in [2.05, 4.69) is 164 Å². The van der Waals surface area contributed by atoms with E-state index in [1.54, 1.807) is 0 Å². The molecule has 0 unspecified atom stereocenters. The van der Waals surface area contributed by atoms with Gasteiger partial charge in [0, 0.05) is 97.2 Å². The topological polar surface area (TPSA) is 124 Å². The van der Waals surface area contributed by atoms with Gasteiger partial charge in [-0.15, -0.1) is 0 Å². The number of nitrogens with zero attached hydrogens (tertiary/aromatic N) is 8.